The molecule has 1 aromatic heterocycles. The number of aromatic carboxylic acids is 1. The Balaban J connectivity index is 2.08. The van der Waals surface area contributed by atoms with Crippen LogP contribution in [-0.2, 0) is 6.54 Å². The van der Waals surface area contributed by atoms with Crippen LogP contribution in [0, 0.1) is 6.92 Å². The lowest BCUT2D eigenvalue weighted by Gasteiger charge is -2.33. The standard InChI is InChI=1S/C15H23NO4/c1-11-12(9-14(20-11)15(18)19)10-16(7-8-17)13-5-3-2-4-6-13/h9,13,17H,2-8,10H2,1H3,(H,18,19). The third-order valence-corrected chi connectivity index (χ3v) is 4.08. The Morgan fingerprint density at radius 2 is 2.10 bits per heavy atom. The zero-order valence-electron chi connectivity index (χ0n) is 12.0. The molecule has 0 unspecified atom stereocenters. The van der Waals surface area contributed by atoms with Crippen LogP contribution >= 0.6 is 0 Å². The lowest BCUT2D eigenvalue weighted by molar-refractivity contribution is 0.0661. The summed E-state index contributed by atoms with van der Waals surface area (Å²) >= 11 is 0. The average molecular weight is 281 g/mol. The highest BCUT2D eigenvalue weighted by molar-refractivity contribution is 5.84. The molecule has 1 heterocycles. The topological polar surface area (TPSA) is 73.9 Å². The lowest BCUT2D eigenvalue weighted by atomic mass is 9.94. The van der Waals surface area contributed by atoms with Gasteiger partial charge in [0.2, 0.25) is 5.76 Å². The van der Waals surface area contributed by atoms with E-state index >= 15 is 0 Å². The molecule has 1 aliphatic carbocycles. The van der Waals surface area contributed by atoms with Crippen molar-refractivity contribution in [2.75, 3.05) is 13.2 Å². The van der Waals surface area contributed by atoms with Crippen LogP contribution in [0.4, 0.5) is 0 Å². The molecule has 5 nitrogen and oxygen atoms in total. The summed E-state index contributed by atoms with van der Waals surface area (Å²) in [7, 11) is 0. The maximum Gasteiger partial charge on any atom is 0.371 e. The van der Waals surface area contributed by atoms with E-state index in [1.807, 2.05) is 0 Å². The second kappa shape index (κ2) is 6.90. The maximum absolute atomic E-state index is 10.9. The van der Waals surface area contributed by atoms with E-state index in [4.69, 9.17) is 9.52 Å². The van der Waals surface area contributed by atoms with Crippen LogP contribution in [0.15, 0.2) is 10.5 Å². The minimum Gasteiger partial charge on any atom is -0.475 e. The van der Waals surface area contributed by atoms with E-state index in [-0.39, 0.29) is 12.4 Å². The van der Waals surface area contributed by atoms with Gasteiger partial charge in [0.15, 0.2) is 0 Å². The summed E-state index contributed by atoms with van der Waals surface area (Å²) in [6.07, 6.45) is 6.07. The van der Waals surface area contributed by atoms with E-state index in [1.54, 1.807) is 13.0 Å². The van der Waals surface area contributed by atoms with Crippen molar-refractivity contribution in [1.29, 1.82) is 0 Å². The Morgan fingerprint density at radius 3 is 2.65 bits per heavy atom. The van der Waals surface area contributed by atoms with Crippen molar-refractivity contribution >= 4 is 5.97 Å². The first-order chi connectivity index (χ1) is 9.61. The fourth-order valence-electron chi connectivity index (χ4n) is 2.97. The van der Waals surface area contributed by atoms with Crippen molar-refractivity contribution in [3.8, 4) is 0 Å². The number of carboxylic acids is 1. The molecule has 5 heteroatoms. The van der Waals surface area contributed by atoms with Gasteiger partial charge in [-0.25, -0.2) is 4.79 Å². The molecule has 0 saturated heterocycles. The lowest BCUT2D eigenvalue weighted by Crippen LogP contribution is -2.38. The fraction of sp³-hybridized carbons (Fsp3) is 0.667. The molecule has 0 aliphatic heterocycles. The Kier molecular flexibility index (Phi) is 5.20. The van der Waals surface area contributed by atoms with Crippen molar-refractivity contribution in [2.24, 2.45) is 0 Å². The zero-order chi connectivity index (χ0) is 14.5. The van der Waals surface area contributed by atoms with E-state index < -0.39 is 5.97 Å². The van der Waals surface area contributed by atoms with Crippen LogP contribution in [-0.4, -0.2) is 40.3 Å². The van der Waals surface area contributed by atoms with Crippen molar-refractivity contribution in [3.63, 3.8) is 0 Å². The number of rotatable bonds is 6. The van der Waals surface area contributed by atoms with Crippen LogP contribution in [0.3, 0.4) is 0 Å². The van der Waals surface area contributed by atoms with Gasteiger partial charge in [0, 0.05) is 24.7 Å². The molecule has 0 aromatic carbocycles. The Bertz CT molecular complexity index is 449. The molecule has 1 saturated carbocycles. The van der Waals surface area contributed by atoms with Gasteiger partial charge in [-0.3, -0.25) is 4.90 Å². The Labute approximate surface area is 119 Å². The van der Waals surface area contributed by atoms with Crippen LogP contribution in [0.1, 0.15) is 54.0 Å². The molecule has 0 amide bonds. The zero-order valence-corrected chi connectivity index (χ0v) is 12.0. The van der Waals surface area contributed by atoms with Gasteiger partial charge in [-0.2, -0.15) is 0 Å². The molecule has 2 rings (SSSR count). The average Bonchev–Trinajstić information content (AvgIpc) is 2.81. The number of carboxylic acid groups (broad SMARTS) is 1. The molecular formula is C15H23NO4. The van der Waals surface area contributed by atoms with Crippen molar-refractivity contribution in [3.05, 3.63) is 23.2 Å². The molecule has 0 atom stereocenters. The van der Waals surface area contributed by atoms with Crippen molar-refractivity contribution < 1.29 is 19.4 Å². The Hall–Kier alpha value is -1.33. The van der Waals surface area contributed by atoms with Gasteiger partial charge < -0.3 is 14.6 Å². The van der Waals surface area contributed by atoms with Crippen LogP contribution in [0.5, 0.6) is 0 Å². The van der Waals surface area contributed by atoms with E-state index in [2.05, 4.69) is 4.90 Å². The molecule has 0 spiro atoms. The number of hydrogen-bond acceptors (Lipinski definition) is 4. The number of aliphatic hydroxyl groups is 1. The predicted molar refractivity (Wildman–Crippen MR) is 74.8 cm³/mol. The van der Waals surface area contributed by atoms with Gasteiger partial charge in [0.1, 0.15) is 5.76 Å². The summed E-state index contributed by atoms with van der Waals surface area (Å²) in [6, 6.07) is 2.09. The molecule has 112 valence electrons. The van der Waals surface area contributed by atoms with Gasteiger partial charge >= 0.3 is 5.97 Å². The number of carbonyl (C=O) groups is 1. The smallest absolute Gasteiger partial charge is 0.371 e. The molecule has 0 bridgehead atoms. The molecule has 2 N–H and O–H groups in total. The molecule has 1 fully saturated rings. The third kappa shape index (κ3) is 3.61. The summed E-state index contributed by atoms with van der Waals surface area (Å²) < 4.78 is 5.25. The highest BCUT2D eigenvalue weighted by Gasteiger charge is 2.23. The van der Waals surface area contributed by atoms with Gasteiger partial charge in [-0.15, -0.1) is 0 Å². The number of aliphatic hydroxyl groups excluding tert-OH is 1. The number of furan rings is 1. The van der Waals surface area contributed by atoms with E-state index in [0.29, 0.717) is 24.9 Å². The number of hydrogen-bond donors (Lipinski definition) is 2. The molecule has 1 aromatic rings. The summed E-state index contributed by atoms with van der Waals surface area (Å²) in [4.78, 5) is 13.2. The molecule has 0 radical (unpaired) electrons. The number of nitrogens with zero attached hydrogens (tertiary/aromatic N) is 1. The minimum atomic E-state index is -1.04. The van der Waals surface area contributed by atoms with Gasteiger partial charge in [-0.1, -0.05) is 19.3 Å². The van der Waals surface area contributed by atoms with E-state index in [0.717, 1.165) is 18.4 Å². The highest BCUT2D eigenvalue weighted by Crippen LogP contribution is 2.25. The number of aryl methyl sites for hydroxylation is 1. The maximum atomic E-state index is 10.9. The first-order valence-corrected chi connectivity index (χ1v) is 7.29. The Morgan fingerprint density at radius 1 is 1.40 bits per heavy atom. The minimum absolute atomic E-state index is 0.00917. The molecular weight excluding hydrogens is 258 g/mol. The fourth-order valence-corrected chi connectivity index (χ4v) is 2.97. The molecule has 20 heavy (non-hydrogen) atoms. The monoisotopic (exact) mass is 281 g/mol. The quantitative estimate of drug-likeness (QED) is 0.837. The largest absolute Gasteiger partial charge is 0.475 e. The second-order valence-electron chi connectivity index (χ2n) is 5.48. The van der Waals surface area contributed by atoms with Crippen LogP contribution < -0.4 is 0 Å². The van der Waals surface area contributed by atoms with Crippen molar-refractivity contribution in [2.45, 2.75) is 51.6 Å². The van der Waals surface area contributed by atoms with Gasteiger partial charge in [-0.05, 0) is 25.8 Å². The van der Waals surface area contributed by atoms with E-state index in [9.17, 15) is 9.90 Å². The summed E-state index contributed by atoms with van der Waals surface area (Å²) in [6.45, 7) is 3.19. The first kappa shape index (κ1) is 15.1. The summed E-state index contributed by atoms with van der Waals surface area (Å²) in [5, 5.41) is 18.2. The normalized spacial score (nSPS) is 16.8. The van der Waals surface area contributed by atoms with Gasteiger partial charge in [0.05, 0.1) is 6.61 Å². The van der Waals surface area contributed by atoms with Gasteiger partial charge in [0.25, 0.3) is 0 Å². The van der Waals surface area contributed by atoms with Crippen LogP contribution in [0.2, 0.25) is 0 Å². The second-order valence-corrected chi connectivity index (χ2v) is 5.48. The SMILES string of the molecule is Cc1oc(C(=O)O)cc1CN(CCO)C1CCCCC1. The van der Waals surface area contributed by atoms with E-state index in [1.165, 1.54) is 19.3 Å². The molecule has 1 aliphatic rings. The van der Waals surface area contributed by atoms with Crippen molar-refractivity contribution in [1.82, 2.24) is 4.90 Å². The third-order valence-electron chi connectivity index (χ3n) is 4.08. The van der Waals surface area contributed by atoms with Crippen LogP contribution in [0.25, 0.3) is 0 Å². The summed E-state index contributed by atoms with van der Waals surface area (Å²) in [5.74, 6) is -0.392. The predicted octanol–water partition coefficient (Wildman–Crippen LogP) is 2.41. The summed E-state index contributed by atoms with van der Waals surface area (Å²) in [5.41, 5.74) is 0.904. The highest BCUT2D eigenvalue weighted by atomic mass is 16.4. The first-order valence-electron chi connectivity index (χ1n) is 7.29.